The van der Waals surface area contributed by atoms with E-state index in [2.05, 4.69) is 10.0 Å². The Hall–Kier alpha value is -1.93. The van der Waals surface area contributed by atoms with Gasteiger partial charge < -0.3 is 10.1 Å². The third-order valence-electron chi connectivity index (χ3n) is 3.84. The molecule has 0 heterocycles. The zero-order valence-electron chi connectivity index (χ0n) is 14.6. The van der Waals surface area contributed by atoms with E-state index in [9.17, 15) is 18.0 Å². The summed E-state index contributed by atoms with van der Waals surface area (Å²) in [5.74, 6) is -1.48. The molecule has 1 aromatic carbocycles. The van der Waals surface area contributed by atoms with E-state index in [0.29, 0.717) is 0 Å². The van der Waals surface area contributed by atoms with Crippen molar-refractivity contribution in [3.05, 3.63) is 30.3 Å². The molecular weight excluding hydrogens is 344 g/mol. The van der Waals surface area contributed by atoms with Gasteiger partial charge in [0.2, 0.25) is 10.0 Å². The molecular formula is C17H24N2O5S. The fraction of sp³-hybridized carbons (Fsp3) is 0.529. The molecule has 0 spiro atoms. The standard InChI is InChI=1S/C17H24N2O5S/c1-11(2)15(19-25(22,23)14-7-5-4-6-8-14)17(21)24-12(3)16(20)18-13-9-10-13/h4-8,11-13,15,19H,9-10H2,1-3H3,(H,18,20)/t12-,15+/m0/s1. The van der Waals surface area contributed by atoms with E-state index < -0.39 is 28.1 Å². The zero-order valence-corrected chi connectivity index (χ0v) is 15.4. The molecule has 1 aliphatic rings. The first kappa shape index (κ1) is 19.4. The summed E-state index contributed by atoms with van der Waals surface area (Å²) in [4.78, 5) is 24.3. The second kappa shape index (κ2) is 7.97. The molecule has 138 valence electrons. The van der Waals surface area contributed by atoms with Gasteiger partial charge in [-0.3, -0.25) is 9.59 Å². The second-order valence-electron chi connectivity index (χ2n) is 6.52. The van der Waals surface area contributed by atoms with Gasteiger partial charge in [-0.1, -0.05) is 32.0 Å². The highest BCUT2D eigenvalue weighted by atomic mass is 32.2. The molecule has 1 aliphatic carbocycles. The average molecular weight is 368 g/mol. The van der Waals surface area contributed by atoms with Crippen molar-refractivity contribution in [2.75, 3.05) is 0 Å². The van der Waals surface area contributed by atoms with Crippen LogP contribution in [0.5, 0.6) is 0 Å². The molecule has 1 aromatic rings. The van der Waals surface area contributed by atoms with Gasteiger partial charge in [0, 0.05) is 6.04 Å². The van der Waals surface area contributed by atoms with Crippen molar-refractivity contribution >= 4 is 21.9 Å². The molecule has 0 saturated heterocycles. The lowest BCUT2D eigenvalue weighted by molar-refractivity contribution is -0.157. The van der Waals surface area contributed by atoms with Gasteiger partial charge in [0.25, 0.3) is 5.91 Å². The molecule has 25 heavy (non-hydrogen) atoms. The van der Waals surface area contributed by atoms with Crippen molar-refractivity contribution in [1.29, 1.82) is 0 Å². The van der Waals surface area contributed by atoms with Crippen LogP contribution in [0.4, 0.5) is 0 Å². The number of sulfonamides is 1. The van der Waals surface area contributed by atoms with Crippen LogP contribution in [-0.4, -0.2) is 38.5 Å². The number of esters is 1. The highest BCUT2D eigenvalue weighted by Crippen LogP contribution is 2.19. The van der Waals surface area contributed by atoms with E-state index in [4.69, 9.17) is 4.74 Å². The summed E-state index contributed by atoms with van der Waals surface area (Å²) in [6.45, 7) is 4.88. The normalized spacial score (nSPS) is 17.0. The van der Waals surface area contributed by atoms with Crippen LogP contribution in [0.3, 0.4) is 0 Å². The third kappa shape index (κ3) is 5.54. The number of benzene rings is 1. The molecule has 7 nitrogen and oxygen atoms in total. The van der Waals surface area contributed by atoms with Crippen molar-refractivity contribution in [1.82, 2.24) is 10.0 Å². The van der Waals surface area contributed by atoms with Crippen molar-refractivity contribution < 1.29 is 22.7 Å². The first-order valence-electron chi connectivity index (χ1n) is 8.29. The molecule has 2 N–H and O–H groups in total. The van der Waals surface area contributed by atoms with Crippen LogP contribution >= 0.6 is 0 Å². The number of hydrogen-bond donors (Lipinski definition) is 2. The van der Waals surface area contributed by atoms with Crippen LogP contribution < -0.4 is 10.0 Å². The molecule has 0 aromatic heterocycles. The maximum Gasteiger partial charge on any atom is 0.325 e. The Kier molecular flexibility index (Phi) is 6.18. The lowest BCUT2D eigenvalue weighted by atomic mass is 10.1. The van der Waals surface area contributed by atoms with E-state index in [1.165, 1.54) is 19.1 Å². The summed E-state index contributed by atoms with van der Waals surface area (Å²) in [6.07, 6.45) is 0.881. The monoisotopic (exact) mass is 368 g/mol. The van der Waals surface area contributed by atoms with Gasteiger partial charge in [0.1, 0.15) is 6.04 Å². The van der Waals surface area contributed by atoms with Gasteiger partial charge in [0.15, 0.2) is 6.10 Å². The molecule has 0 aliphatic heterocycles. The molecule has 2 atom stereocenters. The molecule has 0 bridgehead atoms. The minimum atomic E-state index is -3.87. The largest absolute Gasteiger partial charge is 0.451 e. The van der Waals surface area contributed by atoms with Gasteiger partial charge in [0.05, 0.1) is 4.90 Å². The quantitative estimate of drug-likeness (QED) is 0.672. The Morgan fingerprint density at radius 1 is 1.12 bits per heavy atom. The molecule has 2 rings (SSSR count). The van der Waals surface area contributed by atoms with Crippen LogP contribution in [0, 0.1) is 5.92 Å². The molecule has 1 fully saturated rings. The van der Waals surface area contributed by atoms with Gasteiger partial charge in [-0.25, -0.2) is 8.42 Å². The van der Waals surface area contributed by atoms with Crippen LogP contribution in [0.1, 0.15) is 33.6 Å². The topological polar surface area (TPSA) is 102 Å². The minimum Gasteiger partial charge on any atom is -0.451 e. The summed E-state index contributed by atoms with van der Waals surface area (Å²) in [5.41, 5.74) is 0. The van der Waals surface area contributed by atoms with Crippen LogP contribution in [0.15, 0.2) is 35.2 Å². The predicted molar refractivity (Wildman–Crippen MR) is 92.1 cm³/mol. The SMILES string of the molecule is CC(C)[C@@H](NS(=O)(=O)c1ccccc1)C(=O)O[C@@H](C)C(=O)NC1CC1. The first-order chi connectivity index (χ1) is 11.7. The highest BCUT2D eigenvalue weighted by Gasteiger charge is 2.33. The molecule has 8 heteroatoms. The van der Waals surface area contributed by atoms with E-state index in [0.717, 1.165) is 12.8 Å². The van der Waals surface area contributed by atoms with E-state index in [-0.39, 0.29) is 22.8 Å². The molecule has 0 radical (unpaired) electrons. The van der Waals surface area contributed by atoms with E-state index in [1.807, 2.05) is 0 Å². The second-order valence-corrected chi connectivity index (χ2v) is 8.23. The third-order valence-corrected chi connectivity index (χ3v) is 5.30. The number of amides is 1. The average Bonchev–Trinajstić information content (AvgIpc) is 3.37. The lowest BCUT2D eigenvalue weighted by Gasteiger charge is -2.22. The molecule has 1 amide bonds. The Morgan fingerprint density at radius 2 is 1.72 bits per heavy atom. The summed E-state index contributed by atoms with van der Waals surface area (Å²) in [7, 11) is -3.87. The summed E-state index contributed by atoms with van der Waals surface area (Å²) in [6, 6.07) is 6.86. The summed E-state index contributed by atoms with van der Waals surface area (Å²) < 4.78 is 32.4. The predicted octanol–water partition coefficient (Wildman–Crippen LogP) is 1.20. The Bertz CT molecular complexity index is 714. The fourth-order valence-corrected chi connectivity index (χ4v) is 3.49. The number of carbonyl (C=O) groups is 2. The number of nitrogens with one attached hydrogen (secondary N) is 2. The summed E-state index contributed by atoms with van der Waals surface area (Å²) >= 11 is 0. The van der Waals surface area contributed by atoms with Crippen molar-refractivity contribution in [3.63, 3.8) is 0 Å². The number of hydrogen-bond acceptors (Lipinski definition) is 5. The van der Waals surface area contributed by atoms with Crippen LogP contribution in [0.25, 0.3) is 0 Å². The number of ether oxygens (including phenoxy) is 1. The smallest absolute Gasteiger partial charge is 0.325 e. The Labute approximate surface area is 148 Å². The Morgan fingerprint density at radius 3 is 2.24 bits per heavy atom. The number of rotatable bonds is 8. The van der Waals surface area contributed by atoms with Gasteiger partial charge >= 0.3 is 5.97 Å². The van der Waals surface area contributed by atoms with Crippen LogP contribution in [0.2, 0.25) is 0 Å². The van der Waals surface area contributed by atoms with Gasteiger partial charge in [-0.05, 0) is 37.8 Å². The lowest BCUT2D eigenvalue weighted by Crippen LogP contribution is -2.47. The van der Waals surface area contributed by atoms with E-state index >= 15 is 0 Å². The Balaban J connectivity index is 2.03. The summed E-state index contributed by atoms with van der Waals surface area (Å²) in [5, 5.41) is 2.75. The van der Waals surface area contributed by atoms with Gasteiger partial charge in [-0.2, -0.15) is 4.72 Å². The first-order valence-corrected chi connectivity index (χ1v) is 9.77. The van der Waals surface area contributed by atoms with Crippen molar-refractivity contribution in [2.45, 2.75) is 56.7 Å². The maximum atomic E-state index is 12.4. The van der Waals surface area contributed by atoms with Crippen LogP contribution in [-0.2, 0) is 24.3 Å². The van der Waals surface area contributed by atoms with E-state index in [1.54, 1.807) is 32.0 Å². The van der Waals surface area contributed by atoms with Crippen molar-refractivity contribution in [3.8, 4) is 0 Å². The zero-order chi connectivity index (χ0) is 18.6. The molecule has 0 unspecified atom stereocenters. The van der Waals surface area contributed by atoms with Crippen molar-refractivity contribution in [2.24, 2.45) is 5.92 Å². The highest BCUT2D eigenvalue weighted by molar-refractivity contribution is 7.89. The fourth-order valence-electron chi connectivity index (χ4n) is 2.14. The molecule has 1 saturated carbocycles. The number of carbonyl (C=O) groups excluding carboxylic acids is 2. The van der Waals surface area contributed by atoms with Gasteiger partial charge in [-0.15, -0.1) is 0 Å². The minimum absolute atomic E-state index is 0.0629. The maximum absolute atomic E-state index is 12.4.